The Morgan fingerprint density at radius 3 is 2.83 bits per heavy atom. The van der Waals surface area contributed by atoms with Crippen LogP contribution in [0, 0.1) is 5.82 Å². The number of thiophene rings is 1. The van der Waals surface area contributed by atoms with E-state index in [2.05, 4.69) is 10.3 Å². The third kappa shape index (κ3) is 3.29. The molecule has 1 aromatic carbocycles. The van der Waals surface area contributed by atoms with E-state index < -0.39 is 0 Å². The first kappa shape index (κ1) is 15.4. The summed E-state index contributed by atoms with van der Waals surface area (Å²) in [6.45, 7) is 1.69. The van der Waals surface area contributed by atoms with Gasteiger partial charge in [0.25, 0.3) is 5.56 Å². The van der Waals surface area contributed by atoms with Crippen LogP contribution in [-0.4, -0.2) is 15.5 Å². The molecule has 0 saturated heterocycles. The fraction of sp³-hybridized carbons (Fsp3) is 0.188. The van der Waals surface area contributed by atoms with E-state index in [4.69, 9.17) is 0 Å². The zero-order chi connectivity index (χ0) is 16.4. The first-order valence-corrected chi connectivity index (χ1v) is 7.90. The SMILES string of the molecule is CC(NC(=O)Cn1cnc2sccc2c1=O)c1ccc(F)cc1. The summed E-state index contributed by atoms with van der Waals surface area (Å²) in [5, 5.41) is 5.09. The summed E-state index contributed by atoms with van der Waals surface area (Å²) in [5.41, 5.74) is 0.555. The first-order chi connectivity index (χ1) is 11.0. The van der Waals surface area contributed by atoms with Gasteiger partial charge in [-0.15, -0.1) is 11.3 Å². The van der Waals surface area contributed by atoms with E-state index in [1.165, 1.54) is 34.4 Å². The lowest BCUT2D eigenvalue weighted by Crippen LogP contribution is -2.33. The van der Waals surface area contributed by atoms with Gasteiger partial charge in [0.1, 0.15) is 17.2 Å². The minimum absolute atomic E-state index is 0.108. The Bertz CT molecular complexity index is 902. The third-order valence-electron chi connectivity index (χ3n) is 3.51. The van der Waals surface area contributed by atoms with Crippen molar-refractivity contribution >= 4 is 27.5 Å². The lowest BCUT2D eigenvalue weighted by atomic mass is 10.1. The van der Waals surface area contributed by atoms with Crippen LogP contribution in [0.1, 0.15) is 18.5 Å². The van der Waals surface area contributed by atoms with Crippen LogP contribution in [0.5, 0.6) is 0 Å². The van der Waals surface area contributed by atoms with E-state index in [0.717, 1.165) is 5.56 Å². The van der Waals surface area contributed by atoms with Crippen LogP contribution >= 0.6 is 11.3 Å². The first-order valence-electron chi connectivity index (χ1n) is 7.02. The van der Waals surface area contributed by atoms with Crippen molar-refractivity contribution in [2.75, 3.05) is 0 Å². The average Bonchev–Trinajstić information content (AvgIpc) is 3.00. The fourth-order valence-electron chi connectivity index (χ4n) is 2.28. The molecule has 0 radical (unpaired) electrons. The number of nitrogens with zero attached hydrogens (tertiary/aromatic N) is 2. The van der Waals surface area contributed by atoms with Crippen LogP contribution in [-0.2, 0) is 11.3 Å². The molecule has 3 aromatic rings. The molecule has 7 heteroatoms. The summed E-state index contributed by atoms with van der Waals surface area (Å²) in [7, 11) is 0. The molecule has 1 unspecified atom stereocenters. The van der Waals surface area contributed by atoms with Gasteiger partial charge in [-0.2, -0.15) is 0 Å². The molecule has 0 aliphatic carbocycles. The summed E-state index contributed by atoms with van der Waals surface area (Å²) < 4.78 is 14.2. The molecule has 23 heavy (non-hydrogen) atoms. The number of carbonyl (C=O) groups is 1. The Morgan fingerprint density at radius 2 is 2.09 bits per heavy atom. The standard InChI is InChI=1S/C16H14FN3O2S/c1-10(11-2-4-12(17)5-3-11)19-14(21)8-20-9-18-15-13(16(20)22)6-7-23-15/h2-7,9-10H,8H2,1H3,(H,19,21). The fourth-order valence-corrected chi connectivity index (χ4v) is 3.01. The molecule has 118 valence electrons. The topological polar surface area (TPSA) is 64.0 Å². The minimum atomic E-state index is -0.325. The number of benzene rings is 1. The van der Waals surface area contributed by atoms with Crippen LogP contribution < -0.4 is 10.9 Å². The summed E-state index contributed by atoms with van der Waals surface area (Å²) in [6, 6.07) is 7.34. The van der Waals surface area contributed by atoms with Gasteiger partial charge < -0.3 is 5.32 Å². The van der Waals surface area contributed by atoms with Crippen LogP contribution in [0.25, 0.3) is 10.2 Å². The maximum absolute atomic E-state index is 12.9. The Labute approximate surface area is 135 Å². The number of aromatic nitrogens is 2. The zero-order valence-corrected chi connectivity index (χ0v) is 13.1. The Hall–Kier alpha value is -2.54. The molecule has 2 aromatic heterocycles. The third-order valence-corrected chi connectivity index (χ3v) is 4.33. The second-order valence-electron chi connectivity index (χ2n) is 5.16. The molecule has 1 N–H and O–H groups in total. The van der Waals surface area contributed by atoms with Crippen molar-refractivity contribution < 1.29 is 9.18 Å². The van der Waals surface area contributed by atoms with Crippen molar-refractivity contribution in [1.29, 1.82) is 0 Å². The van der Waals surface area contributed by atoms with Crippen LogP contribution in [0.2, 0.25) is 0 Å². The second kappa shape index (κ2) is 6.29. The maximum atomic E-state index is 12.9. The van der Waals surface area contributed by atoms with E-state index in [9.17, 15) is 14.0 Å². The molecule has 0 aliphatic rings. The number of amides is 1. The predicted molar refractivity (Wildman–Crippen MR) is 86.8 cm³/mol. The lowest BCUT2D eigenvalue weighted by Gasteiger charge is -2.14. The Morgan fingerprint density at radius 1 is 1.35 bits per heavy atom. The highest BCUT2D eigenvalue weighted by Crippen LogP contribution is 2.14. The van der Waals surface area contributed by atoms with E-state index in [-0.39, 0.29) is 29.9 Å². The molecule has 1 amide bonds. The molecular weight excluding hydrogens is 317 g/mol. The van der Waals surface area contributed by atoms with Crippen LogP contribution in [0.3, 0.4) is 0 Å². The van der Waals surface area contributed by atoms with E-state index in [1.807, 2.05) is 0 Å². The number of fused-ring (bicyclic) bond motifs is 1. The van der Waals surface area contributed by atoms with Gasteiger partial charge >= 0.3 is 0 Å². The van der Waals surface area contributed by atoms with Gasteiger partial charge in [-0.25, -0.2) is 9.37 Å². The molecule has 2 heterocycles. The van der Waals surface area contributed by atoms with Crippen molar-refractivity contribution in [3.8, 4) is 0 Å². The Kier molecular flexibility index (Phi) is 4.20. The van der Waals surface area contributed by atoms with Crippen molar-refractivity contribution in [2.24, 2.45) is 0 Å². The number of rotatable bonds is 4. The average molecular weight is 331 g/mol. The summed E-state index contributed by atoms with van der Waals surface area (Å²) in [4.78, 5) is 29.2. The number of hydrogen-bond donors (Lipinski definition) is 1. The van der Waals surface area contributed by atoms with Gasteiger partial charge in [-0.1, -0.05) is 12.1 Å². The molecule has 0 aliphatic heterocycles. The quantitative estimate of drug-likeness (QED) is 0.799. The smallest absolute Gasteiger partial charge is 0.262 e. The molecule has 0 spiro atoms. The molecule has 3 rings (SSSR count). The van der Waals surface area contributed by atoms with Gasteiger partial charge in [-0.05, 0) is 36.1 Å². The predicted octanol–water partition coefficient (Wildman–Crippen LogP) is 2.47. The van der Waals surface area contributed by atoms with Crippen molar-refractivity contribution in [1.82, 2.24) is 14.9 Å². The number of carbonyl (C=O) groups excluding carboxylic acids is 1. The van der Waals surface area contributed by atoms with Crippen molar-refractivity contribution in [3.05, 3.63) is 63.8 Å². The molecular formula is C16H14FN3O2S. The zero-order valence-electron chi connectivity index (χ0n) is 12.3. The van der Waals surface area contributed by atoms with E-state index >= 15 is 0 Å². The largest absolute Gasteiger partial charge is 0.348 e. The highest BCUT2D eigenvalue weighted by molar-refractivity contribution is 7.16. The minimum Gasteiger partial charge on any atom is -0.348 e. The number of hydrogen-bond acceptors (Lipinski definition) is 4. The lowest BCUT2D eigenvalue weighted by molar-refractivity contribution is -0.122. The molecule has 0 fully saturated rings. The van der Waals surface area contributed by atoms with Crippen molar-refractivity contribution in [3.63, 3.8) is 0 Å². The van der Waals surface area contributed by atoms with Gasteiger partial charge in [0.05, 0.1) is 17.8 Å². The monoisotopic (exact) mass is 331 g/mol. The van der Waals surface area contributed by atoms with Gasteiger partial charge in [0, 0.05) is 0 Å². The highest BCUT2D eigenvalue weighted by Gasteiger charge is 2.12. The van der Waals surface area contributed by atoms with Gasteiger partial charge in [0.2, 0.25) is 5.91 Å². The molecule has 0 bridgehead atoms. The van der Waals surface area contributed by atoms with Crippen LogP contribution in [0.15, 0.2) is 46.8 Å². The van der Waals surface area contributed by atoms with Crippen LogP contribution in [0.4, 0.5) is 4.39 Å². The number of halogens is 1. The second-order valence-corrected chi connectivity index (χ2v) is 6.05. The maximum Gasteiger partial charge on any atom is 0.262 e. The molecule has 1 atom stereocenters. The molecule has 0 saturated carbocycles. The van der Waals surface area contributed by atoms with E-state index in [1.54, 1.807) is 30.5 Å². The highest BCUT2D eigenvalue weighted by atomic mass is 32.1. The summed E-state index contributed by atoms with van der Waals surface area (Å²) >= 11 is 1.38. The summed E-state index contributed by atoms with van der Waals surface area (Å²) in [6.07, 6.45) is 1.38. The molecule has 5 nitrogen and oxygen atoms in total. The summed E-state index contributed by atoms with van der Waals surface area (Å²) in [5.74, 6) is -0.630. The Balaban J connectivity index is 1.72. The van der Waals surface area contributed by atoms with Gasteiger partial charge in [-0.3, -0.25) is 14.2 Å². The number of nitrogens with one attached hydrogen (secondary N) is 1. The van der Waals surface area contributed by atoms with Gasteiger partial charge in [0.15, 0.2) is 0 Å². The van der Waals surface area contributed by atoms with Crippen molar-refractivity contribution in [2.45, 2.75) is 19.5 Å². The normalized spacial score (nSPS) is 12.3. The van der Waals surface area contributed by atoms with E-state index in [0.29, 0.717) is 10.2 Å².